The maximum absolute atomic E-state index is 6.20. The number of nitrogens with zero attached hydrogens (tertiary/aromatic N) is 2. The van der Waals surface area contributed by atoms with Gasteiger partial charge in [0.2, 0.25) is 0 Å². The van der Waals surface area contributed by atoms with Crippen molar-refractivity contribution in [2.45, 2.75) is 63.6 Å². The largest absolute Gasteiger partial charge is 0.348 e. The van der Waals surface area contributed by atoms with E-state index in [-0.39, 0.29) is 24.3 Å². The zero-order valence-electron chi connectivity index (χ0n) is 19.2. The van der Waals surface area contributed by atoms with Crippen LogP contribution >= 0.6 is 0 Å². The lowest BCUT2D eigenvalue weighted by molar-refractivity contribution is -0.281. The first-order valence-electron chi connectivity index (χ1n) is 11.1. The molecule has 32 heavy (non-hydrogen) atoms. The van der Waals surface area contributed by atoms with Crippen LogP contribution in [0.2, 0.25) is 0 Å². The van der Waals surface area contributed by atoms with Gasteiger partial charge in [0.1, 0.15) is 24.3 Å². The van der Waals surface area contributed by atoms with Crippen LogP contribution < -0.4 is 0 Å². The molecule has 0 aromatic heterocycles. The van der Waals surface area contributed by atoms with Crippen LogP contribution in [0.4, 0.5) is 0 Å². The lowest BCUT2D eigenvalue weighted by Crippen LogP contribution is -2.43. The number of hydrogen-bond acceptors (Lipinski definition) is 6. The highest BCUT2D eigenvalue weighted by molar-refractivity contribution is 6.16. The number of rotatable bonds is 5. The van der Waals surface area contributed by atoms with Crippen molar-refractivity contribution >= 4 is 12.4 Å². The molecule has 2 fully saturated rings. The summed E-state index contributed by atoms with van der Waals surface area (Å²) >= 11 is 0. The van der Waals surface area contributed by atoms with Gasteiger partial charge in [0.25, 0.3) is 0 Å². The van der Waals surface area contributed by atoms with Crippen LogP contribution in [0.3, 0.4) is 0 Å². The van der Waals surface area contributed by atoms with Gasteiger partial charge in [-0.3, -0.25) is 9.98 Å². The highest BCUT2D eigenvalue weighted by atomic mass is 16.7. The fourth-order valence-electron chi connectivity index (χ4n) is 3.99. The van der Waals surface area contributed by atoms with E-state index in [2.05, 4.69) is 24.3 Å². The molecule has 2 aromatic rings. The van der Waals surface area contributed by atoms with E-state index in [1.54, 1.807) is 12.4 Å². The monoisotopic (exact) mass is 436 g/mol. The molecule has 0 bridgehead atoms. The standard InChI is InChI=1S/C26H32N2O4/c1-25(2)29-17-21(23(31-25)19-11-7-5-8-12-19)27-15-16-28-22-18-30-26(3,4)32-24(22)20-13-9-6-10-14-20/h5-16,21-24H,17-18H2,1-4H3/t21-,22-,23-,24-/m0/s1. The Labute approximate surface area is 190 Å². The Kier molecular flexibility index (Phi) is 6.86. The smallest absolute Gasteiger partial charge is 0.163 e. The molecule has 170 valence electrons. The Balaban J connectivity index is 1.47. The highest BCUT2D eigenvalue weighted by Gasteiger charge is 2.38. The number of benzene rings is 2. The summed E-state index contributed by atoms with van der Waals surface area (Å²) in [5.41, 5.74) is 2.17. The van der Waals surface area contributed by atoms with Crippen molar-refractivity contribution < 1.29 is 18.9 Å². The number of ether oxygens (including phenoxy) is 4. The van der Waals surface area contributed by atoms with Gasteiger partial charge in [-0.2, -0.15) is 0 Å². The number of aliphatic imine (C=N–C) groups is 2. The molecule has 2 heterocycles. The molecular weight excluding hydrogens is 404 g/mol. The van der Waals surface area contributed by atoms with Crippen molar-refractivity contribution in [3.63, 3.8) is 0 Å². The molecule has 4 atom stereocenters. The molecule has 6 nitrogen and oxygen atoms in total. The second-order valence-electron chi connectivity index (χ2n) is 9.05. The van der Waals surface area contributed by atoms with E-state index in [9.17, 15) is 0 Å². The maximum Gasteiger partial charge on any atom is 0.163 e. The summed E-state index contributed by atoms with van der Waals surface area (Å²) in [6, 6.07) is 20.0. The molecule has 2 aromatic carbocycles. The van der Waals surface area contributed by atoms with Crippen molar-refractivity contribution in [3.8, 4) is 0 Å². The molecule has 0 radical (unpaired) electrons. The first-order valence-corrected chi connectivity index (χ1v) is 11.1. The fourth-order valence-corrected chi connectivity index (χ4v) is 3.99. The Morgan fingerprint density at radius 1 is 0.656 bits per heavy atom. The molecule has 0 amide bonds. The molecule has 0 spiro atoms. The minimum atomic E-state index is -0.646. The third-order valence-electron chi connectivity index (χ3n) is 5.60. The topological polar surface area (TPSA) is 61.6 Å². The van der Waals surface area contributed by atoms with Crippen LogP contribution in [0.5, 0.6) is 0 Å². The lowest BCUT2D eigenvalue weighted by atomic mass is 10.0. The fraction of sp³-hybridized carbons (Fsp3) is 0.462. The lowest BCUT2D eigenvalue weighted by Gasteiger charge is -2.40. The summed E-state index contributed by atoms with van der Waals surface area (Å²) in [6.07, 6.45) is 3.11. The summed E-state index contributed by atoms with van der Waals surface area (Å²) in [5, 5.41) is 0. The second-order valence-corrected chi connectivity index (χ2v) is 9.05. The van der Waals surface area contributed by atoms with Gasteiger partial charge in [-0.15, -0.1) is 0 Å². The highest BCUT2D eigenvalue weighted by Crippen LogP contribution is 2.35. The van der Waals surface area contributed by atoms with Crippen LogP contribution in [0.15, 0.2) is 70.6 Å². The van der Waals surface area contributed by atoms with Gasteiger partial charge in [-0.05, 0) is 38.8 Å². The molecule has 2 aliphatic heterocycles. The molecule has 0 aliphatic carbocycles. The Hall–Kier alpha value is -2.38. The van der Waals surface area contributed by atoms with Crippen molar-refractivity contribution in [2.75, 3.05) is 13.2 Å². The van der Waals surface area contributed by atoms with Gasteiger partial charge >= 0.3 is 0 Å². The van der Waals surface area contributed by atoms with E-state index in [1.165, 1.54) is 0 Å². The maximum atomic E-state index is 6.20. The molecule has 2 aliphatic rings. The van der Waals surface area contributed by atoms with Gasteiger partial charge < -0.3 is 18.9 Å². The van der Waals surface area contributed by atoms with E-state index >= 15 is 0 Å². The Morgan fingerprint density at radius 3 is 1.41 bits per heavy atom. The van der Waals surface area contributed by atoms with Gasteiger partial charge in [-0.1, -0.05) is 60.7 Å². The third kappa shape index (κ3) is 5.70. The van der Waals surface area contributed by atoms with E-state index in [1.807, 2.05) is 64.1 Å². The minimum Gasteiger partial charge on any atom is -0.348 e. The third-order valence-corrected chi connectivity index (χ3v) is 5.60. The average Bonchev–Trinajstić information content (AvgIpc) is 2.79. The predicted molar refractivity (Wildman–Crippen MR) is 125 cm³/mol. The van der Waals surface area contributed by atoms with Crippen molar-refractivity contribution in [1.82, 2.24) is 0 Å². The minimum absolute atomic E-state index is 0.153. The van der Waals surface area contributed by atoms with Crippen LogP contribution in [-0.4, -0.2) is 49.3 Å². The molecule has 0 unspecified atom stereocenters. The Bertz CT molecular complexity index is 850. The molecule has 2 saturated heterocycles. The van der Waals surface area contributed by atoms with Gasteiger partial charge in [0, 0.05) is 12.4 Å². The predicted octanol–water partition coefficient (Wildman–Crippen LogP) is 4.91. The van der Waals surface area contributed by atoms with Crippen LogP contribution in [0.1, 0.15) is 51.0 Å². The van der Waals surface area contributed by atoms with E-state index in [0.717, 1.165) is 11.1 Å². The van der Waals surface area contributed by atoms with Gasteiger partial charge in [-0.25, -0.2) is 0 Å². The normalized spacial score (nSPS) is 30.0. The van der Waals surface area contributed by atoms with Crippen molar-refractivity contribution in [1.29, 1.82) is 0 Å². The summed E-state index contributed by atoms with van der Waals surface area (Å²) in [6.45, 7) is 8.68. The summed E-state index contributed by atoms with van der Waals surface area (Å²) in [7, 11) is 0. The Morgan fingerprint density at radius 2 is 1.03 bits per heavy atom. The van der Waals surface area contributed by atoms with Crippen molar-refractivity contribution in [2.24, 2.45) is 9.98 Å². The average molecular weight is 437 g/mol. The van der Waals surface area contributed by atoms with Crippen LogP contribution in [-0.2, 0) is 18.9 Å². The summed E-state index contributed by atoms with van der Waals surface area (Å²) < 4.78 is 24.1. The first-order chi connectivity index (χ1) is 15.3. The summed E-state index contributed by atoms with van der Waals surface area (Å²) in [5.74, 6) is -1.29. The zero-order valence-corrected chi connectivity index (χ0v) is 19.2. The molecule has 4 rings (SSSR count). The van der Waals surface area contributed by atoms with E-state index < -0.39 is 11.6 Å². The van der Waals surface area contributed by atoms with Gasteiger partial charge in [0.15, 0.2) is 11.6 Å². The van der Waals surface area contributed by atoms with Crippen LogP contribution in [0, 0.1) is 0 Å². The van der Waals surface area contributed by atoms with E-state index in [0.29, 0.717) is 13.2 Å². The zero-order chi connectivity index (χ0) is 22.6. The van der Waals surface area contributed by atoms with Crippen molar-refractivity contribution in [3.05, 3.63) is 71.8 Å². The molecule has 0 N–H and O–H groups in total. The van der Waals surface area contributed by atoms with Crippen LogP contribution in [0.25, 0.3) is 0 Å². The SMILES string of the molecule is CC1(C)OC[C@H](N=CC=N[C@H]2COC(C)(C)O[C@H]2c2ccccc2)[C@H](c2ccccc2)O1. The number of hydrogen-bond donors (Lipinski definition) is 0. The quantitative estimate of drug-likeness (QED) is 0.625. The molecule has 6 heteroatoms. The first kappa shape index (κ1) is 22.8. The van der Waals surface area contributed by atoms with E-state index in [4.69, 9.17) is 28.9 Å². The summed E-state index contributed by atoms with van der Waals surface area (Å²) in [4.78, 5) is 9.42. The molecular formula is C26H32N2O4. The molecule has 0 saturated carbocycles. The van der Waals surface area contributed by atoms with Gasteiger partial charge in [0.05, 0.1) is 13.2 Å². The second kappa shape index (κ2) is 9.63.